The van der Waals surface area contributed by atoms with Crippen molar-refractivity contribution in [3.63, 3.8) is 0 Å². The summed E-state index contributed by atoms with van der Waals surface area (Å²) < 4.78 is 37.9. The first-order valence-corrected chi connectivity index (χ1v) is 10.6. The summed E-state index contributed by atoms with van der Waals surface area (Å²) in [6.45, 7) is 0.0643. The van der Waals surface area contributed by atoms with Crippen molar-refractivity contribution in [1.29, 1.82) is 0 Å². The summed E-state index contributed by atoms with van der Waals surface area (Å²) in [4.78, 5) is 16.9. The Labute approximate surface area is 167 Å². The Morgan fingerprint density at radius 3 is 2.68 bits per heavy atom. The van der Waals surface area contributed by atoms with Crippen LogP contribution in [-0.2, 0) is 21.3 Å². The van der Waals surface area contributed by atoms with Gasteiger partial charge in [0.05, 0.1) is 30.4 Å². The largest absolute Gasteiger partial charge is 0.495 e. The second kappa shape index (κ2) is 8.51. The zero-order valence-corrected chi connectivity index (χ0v) is 16.8. The molecule has 0 aliphatic heterocycles. The number of rotatable bonds is 7. The fourth-order valence-corrected chi connectivity index (χ4v) is 4.43. The van der Waals surface area contributed by atoms with Crippen LogP contribution in [0.3, 0.4) is 0 Å². The summed E-state index contributed by atoms with van der Waals surface area (Å²) in [7, 11) is -1.34. The van der Waals surface area contributed by atoms with Gasteiger partial charge in [0.1, 0.15) is 10.6 Å². The Morgan fingerprint density at radius 2 is 2.00 bits per heavy atom. The number of hydrogen-bond donors (Lipinski definition) is 1. The quantitative estimate of drug-likeness (QED) is 0.593. The third kappa shape index (κ3) is 4.38. The molecule has 0 aliphatic carbocycles. The van der Waals surface area contributed by atoms with Crippen LogP contribution in [0.2, 0.25) is 0 Å². The third-order valence-electron chi connectivity index (χ3n) is 3.94. The van der Waals surface area contributed by atoms with Gasteiger partial charge in [0.15, 0.2) is 0 Å². The lowest BCUT2D eigenvalue weighted by atomic mass is 10.2. The van der Waals surface area contributed by atoms with E-state index < -0.39 is 16.0 Å². The van der Waals surface area contributed by atoms with E-state index in [0.29, 0.717) is 0 Å². The van der Waals surface area contributed by atoms with E-state index in [-0.39, 0.29) is 22.8 Å². The van der Waals surface area contributed by atoms with E-state index >= 15 is 0 Å². The van der Waals surface area contributed by atoms with Crippen molar-refractivity contribution in [1.82, 2.24) is 9.71 Å². The van der Waals surface area contributed by atoms with Crippen LogP contribution in [0.4, 0.5) is 0 Å². The summed E-state index contributed by atoms with van der Waals surface area (Å²) in [5, 5.41) is 1.95. The monoisotopic (exact) mass is 418 g/mol. The van der Waals surface area contributed by atoms with Crippen molar-refractivity contribution >= 4 is 27.3 Å². The van der Waals surface area contributed by atoms with E-state index in [2.05, 4.69) is 14.4 Å². The molecule has 0 atom stereocenters. The van der Waals surface area contributed by atoms with Crippen molar-refractivity contribution < 1.29 is 22.7 Å². The number of methoxy groups -OCH3 is 2. The van der Waals surface area contributed by atoms with Gasteiger partial charge in [-0.05, 0) is 47.3 Å². The lowest BCUT2D eigenvalue weighted by molar-refractivity contribution is 0.0600. The van der Waals surface area contributed by atoms with E-state index in [9.17, 15) is 13.2 Å². The summed E-state index contributed by atoms with van der Waals surface area (Å²) in [6.07, 6.45) is 1.64. The number of sulfonamides is 1. The molecule has 0 aliphatic rings. The minimum Gasteiger partial charge on any atom is -0.495 e. The number of pyridine rings is 1. The second-order valence-corrected chi connectivity index (χ2v) is 8.39. The maximum absolute atomic E-state index is 12.8. The van der Waals surface area contributed by atoms with Gasteiger partial charge in [0, 0.05) is 12.7 Å². The van der Waals surface area contributed by atoms with E-state index in [1.807, 2.05) is 23.6 Å². The number of esters is 1. The molecule has 9 heteroatoms. The van der Waals surface area contributed by atoms with Crippen molar-refractivity contribution in [2.75, 3.05) is 14.2 Å². The molecule has 0 bridgehead atoms. The SMILES string of the molecule is COC(=O)c1ccc(OC)c(S(=O)(=O)NCc2ccnc(-c3cccs3)c2)c1. The number of ether oxygens (including phenoxy) is 2. The molecule has 1 aromatic carbocycles. The average Bonchev–Trinajstić information content (AvgIpc) is 3.26. The van der Waals surface area contributed by atoms with E-state index in [1.165, 1.54) is 32.4 Å². The van der Waals surface area contributed by atoms with E-state index in [1.54, 1.807) is 23.6 Å². The summed E-state index contributed by atoms with van der Waals surface area (Å²) in [5.41, 5.74) is 1.65. The molecular formula is C19H18N2O5S2. The van der Waals surface area contributed by atoms with Crippen LogP contribution in [0, 0.1) is 0 Å². The van der Waals surface area contributed by atoms with Crippen LogP contribution in [0.1, 0.15) is 15.9 Å². The third-order valence-corrected chi connectivity index (χ3v) is 6.25. The van der Waals surface area contributed by atoms with Gasteiger partial charge in [-0.3, -0.25) is 4.98 Å². The Bertz CT molecular complexity index is 1080. The number of carbonyl (C=O) groups is 1. The number of benzene rings is 1. The van der Waals surface area contributed by atoms with Crippen LogP contribution >= 0.6 is 11.3 Å². The smallest absolute Gasteiger partial charge is 0.337 e. The lowest BCUT2D eigenvalue weighted by Gasteiger charge is -2.12. The van der Waals surface area contributed by atoms with Gasteiger partial charge < -0.3 is 9.47 Å². The van der Waals surface area contributed by atoms with Gasteiger partial charge in [-0.1, -0.05) is 6.07 Å². The molecule has 7 nitrogen and oxygen atoms in total. The van der Waals surface area contributed by atoms with Crippen molar-refractivity contribution in [3.8, 4) is 16.3 Å². The zero-order chi connectivity index (χ0) is 20.1. The molecule has 28 heavy (non-hydrogen) atoms. The number of thiophene rings is 1. The molecule has 2 heterocycles. The predicted molar refractivity (Wildman–Crippen MR) is 106 cm³/mol. The molecule has 146 valence electrons. The van der Waals surface area contributed by atoms with Gasteiger partial charge in [-0.15, -0.1) is 11.3 Å². The Kier molecular flexibility index (Phi) is 6.08. The van der Waals surface area contributed by atoms with Crippen LogP contribution in [-0.4, -0.2) is 33.6 Å². The van der Waals surface area contributed by atoms with Gasteiger partial charge in [-0.2, -0.15) is 0 Å². The van der Waals surface area contributed by atoms with Crippen molar-refractivity contribution in [2.45, 2.75) is 11.4 Å². The maximum Gasteiger partial charge on any atom is 0.337 e. The molecule has 0 amide bonds. The molecule has 3 rings (SSSR count). The topological polar surface area (TPSA) is 94.6 Å². The summed E-state index contributed by atoms with van der Waals surface area (Å²) >= 11 is 1.56. The Hall–Kier alpha value is -2.75. The number of nitrogens with zero attached hydrogens (tertiary/aromatic N) is 1. The van der Waals surface area contributed by atoms with Gasteiger partial charge in [0.2, 0.25) is 10.0 Å². The first-order chi connectivity index (χ1) is 13.4. The second-order valence-electron chi connectivity index (χ2n) is 5.71. The van der Waals surface area contributed by atoms with Gasteiger partial charge in [-0.25, -0.2) is 17.9 Å². The molecule has 0 radical (unpaired) electrons. The highest BCUT2D eigenvalue weighted by atomic mass is 32.2. The van der Waals surface area contributed by atoms with Crippen molar-refractivity contribution in [2.24, 2.45) is 0 Å². The lowest BCUT2D eigenvalue weighted by Crippen LogP contribution is -2.24. The predicted octanol–water partition coefficient (Wildman–Crippen LogP) is 3.08. The molecule has 2 aromatic heterocycles. The van der Waals surface area contributed by atoms with Gasteiger partial charge >= 0.3 is 5.97 Å². The van der Waals surface area contributed by atoms with Crippen LogP contribution < -0.4 is 9.46 Å². The molecular weight excluding hydrogens is 400 g/mol. The van der Waals surface area contributed by atoms with Crippen LogP contribution in [0.15, 0.2) is 58.9 Å². The minimum atomic E-state index is -3.93. The fourth-order valence-electron chi connectivity index (χ4n) is 2.53. The Morgan fingerprint density at radius 1 is 1.18 bits per heavy atom. The first-order valence-electron chi connectivity index (χ1n) is 8.19. The fraction of sp³-hybridized carbons (Fsp3) is 0.158. The van der Waals surface area contributed by atoms with Crippen LogP contribution in [0.25, 0.3) is 10.6 Å². The molecule has 3 aromatic rings. The zero-order valence-electron chi connectivity index (χ0n) is 15.2. The number of nitrogens with one attached hydrogen (secondary N) is 1. The maximum atomic E-state index is 12.8. The van der Waals surface area contributed by atoms with Crippen LogP contribution in [0.5, 0.6) is 5.75 Å². The summed E-state index contributed by atoms with van der Waals surface area (Å²) in [5.74, 6) is -0.497. The number of hydrogen-bond acceptors (Lipinski definition) is 7. The normalized spacial score (nSPS) is 11.2. The first kappa shape index (κ1) is 20.0. The van der Waals surface area contributed by atoms with E-state index in [4.69, 9.17) is 4.74 Å². The van der Waals surface area contributed by atoms with E-state index in [0.717, 1.165) is 16.1 Å². The average molecular weight is 418 g/mol. The highest BCUT2D eigenvalue weighted by Gasteiger charge is 2.22. The van der Waals surface area contributed by atoms with Gasteiger partial charge in [0.25, 0.3) is 0 Å². The molecule has 0 saturated carbocycles. The minimum absolute atomic E-state index is 0.0643. The molecule has 1 N–H and O–H groups in total. The molecule has 0 unspecified atom stereocenters. The molecule has 0 fully saturated rings. The standard InChI is InChI=1S/C19H18N2O5S2/c1-25-16-6-5-14(19(22)26-2)11-18(16)28(23,24)21-12-13-7-8-20-15(10-13)17-4-3-9-27-17/h3-11,21H,12H2,1-2H3. The Balaban J connectivity index is 1.85. The summed E-state index contributed by atoms with van der Waals surface area (Å²) in [6, 6.07) is 11.5. The molecule has 0 saturated heterocycles. The number of carbonyl (C=O) groups excluding carboxylic acids is 1. The highest BCUT2D eigenvalue weighted by molar-refractivity contribution is 7.89. The highest BCUT2D eigenvalue weighted by Crippen LogP contribution is 2.26. The molecule has 0 spiro atoms. The number of aromatic nitrogens is 1. The van der Waals surface area contributed by atoms with Crippen molar-refractivity contribution in [3.05, 3.63) is 65.2 Å².